The largest absolute Gasteiger partial charge is 0.361 e. The molecular weight excluding hydrogens is 322 g/mol. The Morgan fingerprint density at radius 2 is 1.96 bits per heavy atom. The van der Waals surface area contributed by atoms with Crippen molar-refractivity contribution in [1.82, 2.24) is 10.3 Å². The van der Waals surface area contributed by atoms with Crippen LogP contribution in [0.1, 0.15) is 24.8 Å². The van der Waals surface area contributed by atoms with E-state index in [0.29, 0.717) is 5.92 Å². The van der Waals surface area contributed by atoms with Crippen LogP contribution in [0.15, 0.2) is 72.6 Å². The lowest BCUT2D eigenvalue weighted by atomic mass is 9.88. The van der Waals surface area contributed by atoms with E-state index in [1.165, 1.54) is 12.0 Å². The summed E-state index contributed by atoms with van der Waals surface area (Å²) in [5.41, 5.74) is 4.17. The number of anilines is 1. The zero-order valence-corrected chi connectivity index (χ0v) is 14.7. The lowest BCUT2D eigenvalue weighted by molar-refractivity contribution is 0.253. The van der Waals surface area contributed by atoms with Crippen LogP contribution >= 0.6 is 0 Å². The van der Waals surface area contributed by atoms with E-state index in [-0.39, 0.29) is 6.03 Å². The van der Waals surface area contributed by atoms with Crippen molar-refractivity contribution in [1.29, 1.82) is 0 Å². The molecule has 2 aromatic carbocycles. The quantitative estimate of drug-likeness (QED) is 0.597. The molecule has 3 N–H and O–H groups in total. The first kappa shape index (κ1) is 16.5. The molecule has 0 aliphatic heterocycles. The average molecular weight is 345 g/mol. The summed E-state index contributed by atoms with van der Waals surface area (Å²) in [7, 11) is 0. The third kappa shape index (κ3) is 3.97. The van der Waals surface area contributed by atoms with E-state index < -0.39 is 0 Å². The predicted octanol–water partition coefficient (Wildman–Crippen LogP) is 5.22. The van der Waals surface area contributed by atoms with Crippen LogP contribution in [0, 0.1) is 5.92 Å². The second-order valence-corrected chi connectivity index (χ2v) is 6.89. The van der Waals surface area contributed by atoms with E-state index in [4.69, 9.17) is 0 Å². The highest BCUT2D eigenvalue weighted by Gasteiger charge is 2.16. The Kier molecular flexibility index (Phi) is 4.73. The number of nitrogens with one attached hydrogen (secondary N) is 3. The molecule has 1 aliphatic rings. The molecule has 0 saturated carbocycles. The lowest BCUT2D eigenvalue weighted by Gasteiger charge is -2.22. The van der Waals surface area contributed by atoms with E-state index in [1.807, 2.05) is 36.5 Å². The highest BCUT2D eigenvalue weighted by Crippen LogP contribution is 2.25. The van der Waals surface area contributed by atoms with Gasteiger partial charge in [-0.3, -0.25) is 0 Å². The van der Waals surface area contributed by atoms with Gasteiger partial charge in [0.1, 0.15) is 0 Å². The molecule has 3 aromatic rings. The van der Waals surface area contributed by atoms with Gasteiger partial charge in [0.05, 0.1) is 0 Å². The number of rotatable bonds is 4. The first-order chi connectivity index (χ1) is 12.8. The molecule has 1 heterocycles. The topological polar surface area (TPSA) is 56.9 Å². The van der Waals surface area contributed by atoms with Crippen molar-refractivity contribution in [2.45, 2.75) is 25.7 Å². The number of allylic oxidation sites excluding steroid dienone is 2. The number of urea groups is 1. The SMILES string of the molecule is O=C(NC1=CC(Cc2ccccc2)CCC1)Nc1ccc2cc[nH]c2c1. The minimum atomic E-state index is -0.178. The number of fused-ring (bicyclic) bond motifs is 1. The molecule has 0 radical (unpaired) electrons. The molecule has 1 atom stereocenters. The maximum absolute atomic E-state index is 12.3. The van der Waals surface area contributed by atoms with Crippen LogP contribution in [0.5, 0.6) is 0 Å². The number of benzene rings is 2. The summed E-state index contributed by atoms with van der Waals surface area (Å²) in [6, 6.07) is 18.2. The maximum atomic E-state index is 12.3. The molecule has 4 heteroatoms. The molecule has 2 amide bonds. The second kappa shape index (κ2) is 7.48. The predicted molar refractivity (Wildman–Crippen MR) is 106 cm³/mol. The van der Waals surface area contributed by atoms with Crippen LogP contribution in [-0.2, 0) is 6.42 Å². The first-order valence-corrected chi connectivity index (χ1v) is 9.16. The number of carbonyl (C=O) groups excluding carboxylic acids is 1. The van der Waals surface area contributed by atoms with Gasteiger partial charge in [0.15, 0.2) is 0 Å². The molecule has 0 bridgehead atoms. The summed E-state index contributed by atoms with van der Waals surface area (Å²) < 4.78 is 0. The Morgan fingerprint density at radius 1 is 1.08 bits per heavy atom. The molecule has 26 heavy (non-hydrogen) atoms. The average Bonchev–Trinajstić information content (AvgIpc) is 3.10. The number of hydrogen-bond acceptors (Lipinski definition) is 1. The van der Waals surface area contributed by atoms with E-state index >= 15 is 0 Å². The summed E-state index contributed by atoms with van der Waals surface area (Å²) >= 11 is 0. The van der Waals surface area contributed by atoms with Gasteiger partial charge in [-0.2, -0.15) is 0 Å². The molecule has 1 unspecified atom stereocenters. The van der Waals surface area contributed by atoms with Gasteiger partial charge in [0.25, 0.3) is 0 Å². The number of hydrogen-bond donors (Lipinski definition) is 3. The van der Waals surface area contributed by atoms with Gasteiger partial charge in [-0.15, -0.1) is 0 Å². The van der Waals surface area contributed by atoms with Gasteiger partial charge in [-0.25, -0.2) is 4.79 Å². The molecule has 0 saturated heterocycles. The monoisotopic (exact) mass is 345 g/mol. The molecule has 4 nitrogen and oxygen atoms in total. The third-order valence-corrected chi connectivity index (χ3v) is 4.89. The van der Waals surface area contributed by atoms with Gasteiger partial charge < -0.3 is 15.6 Å². The van der Waals surface area contributed by atoms with Crippen molar-refractivity contribution in [3.05, 3.63) is 78.1 Å². The van der Waals surface area contributed by atoms with Crippen molar-refractivity contribution in [2.75, 3.05) is 5.32 Å². The summed E-state index contributed by atoms with van der Waals surface area (Å²) in [4.78, 5) is 15.5. The Bertz CT molecular complexity index is 927. The number of H-pyrrole nitrogens is 1. The Labute approximate surface area is 153 Å². The number of aromatic nitrogens is 1. The zero-order valence-electron chi connectivity index (χ0n) is 14.7. The van der Waals surface area contributed by atoms with E-state index in [9.17, 15) is 4.79 Å². The number of amides is 2. The minimum absolute atomic E-state index is 0.178. The van der Waals surface area contributed by atoms with Crippen LogP contribution in [0.4, 0.5) is 10.5 Å². The van der Waals surface area contributed by atoms with Crippen molar-refractivity contribution in [3.63, 3.8) is 0 Å². The van der Waals surface area contributed by atoms with E-state index in [2.05, 4.69) is 46.0 Å². The van der Waals surface area contributed by atoms with Crippen LogP contribution < -0.4 is 10.6 Å². The first-order valence-electron chi connectivity index (χ1n) is 9.16. The molecule has 4 rings (SSSR count). The van der Waals surface area contributed by atoms with Gasteiger partial charge in [-0.1, -0.05) is 42.5 Å². The van der Waals surface area contributed by atoms with Crippen molar-refractivity contribution in [2.24, 2.45) is 5.92 Å². The smallest absolute Gasteiger partial charge is 0.323 e. The summed E-state index contributed by atoms with van der Waals surface area (Å²) in [5.74, 6) is 0.483. The number of carbonyl (C=O) groups is 1. The standard InChI is InChI=1S/C22H23N3O/c26-22(25-20-10-9-18-11-12-23-21(18)15-20)24-19-8-4-7-17(14-19)13-16-5-2-1-3-6-16/h1-3,5-6,9-12,14-15,17,23H,4,7-8,13H2,(H2,24,25,26). The van der Waals surface area contributed by atoms with Crippen LogP contribution in [-0.4, -0.2) is 11.0 Å². The molecule has 1 aromatic heterocycles. The highest BCUT2D eigenvalue weighted by atomic mass is 16.2. The van der Waals surface area contributed by atoms with Gasteiger partial charge >= 0.3 is 6.03 Å². The fourth-order valence-corrected chi connectivity index (χ4v) is 3.62. The third-order valence-electron chi connectivity index (χ3n) is 4.89. The molecule has 0 fully saturated rings. The molecular formula is C22H23N3O. The van der Waals surface area contributed by atoms with Crippen molar-refractivity contribution >= 4 is 22.6 Å². The summed E-state index contributed by atoms with van der Waals surface area (Å²) in [6.45, 7) is 0. The zero-order chi connectivity index (χ0) is 17.8. The van der Waals surface area contributed by atoms with E-state index in [0.717, 1.165) is 41.5 Å². The van der Waals surface area contributed by atoms with Gasteiger partial charge in [0.2, 0.25) is 0 Å². The van der Waals surface area contributed by atoms with Crippen molar-refractivity contribution in [3.8, 4) is 0 Å². The Balaban J connectivity index is 1.38. The van der Waals surface area contributed by atoms with E-state index in [1.54, 1.807) is 0 Å². The normalized spacial score (nSPS) is 16.9. The number of aromatic amines is 1. The molecule has 1 aliphatic carbocycles. The van der Waals surface area contributed by atoms with Crippen LogP contribution in [0.3, 0.4) is 0 Å². The second-order valence-electron chi connectivity index (χ2n) is 6.89. The van der Waals surface area contributed by atoms with Gasteiger partial charge in [0, 0.05) is 23.1 Å². The minimum Gasteiger partial charge on any atom is -0.361 e. The molecule has 0 spiro atoms. The fraction of sp³-hybridized carbons (Fsp3) is 0.227. The summed E-state index contributed by atoms with van der Waals surface area (Å²) in [6.07, 6.45) is 8.35. The van der Waals surface area contributed by atoms with Gasteiger partial charge in [-0.05, 0) is 60.7 Å². The Hall–Kier alpha value is -3.01. The van der Waals surface area contributed by atoms with Crippen LogP contribution in [0.25, 0.3) is 10.9 Å². The lowest BCUT2D eigenvalue weighted by Crippen LogP contribution is -2.29. The van der Waals surface area contributed by atoms with Crippen molar-refractivity contribution < 1.29 is 4.79 Å². The van der Waals surface area contributed by atoms with Crippen LogP contribution in [0.2, 0.25) is 0 Å². The highest BCUT2D eigenvalue weighted by molar-refractivity contribution is 5.93. The maximum Gasteiger partial charge on any atom is 0.323 e. The fourth-order valence-electron chi connectivity index (χ4n) is 3.62. The Morgan fingerprint density at radius 3 is 2.85 bits per heavy atom. The molecule has 132 valence electrons. The summed E-state index contributed by atoms with van der Waals surface area (Å²) in [5, 5.41) is 7.08.